The Morgan fingerprint density at radius 1 is 1.33 bits per heavy atom. The number of nitrogens with one attached hydrogen (secondary N) is 1. The normalized spacial score (nSPS) is 20.8. The highest BCUT2D eigenvalue weighted by Crippen LogP contribution is 2.14. The zero-order valence-corrected chi connectivity index (χ0v) is 11.4. The van der Waals surface area contributed by atoms with E-state index >= 15 is 0 Å². The van der Waals surface area contributed by atoms with E-state index in [0.29, 0.717) is 4.90 Å². The molecule has 1 unspecified atom stereocenters. The molecule has 0 bridgehead atoms. The van der Waals surface area contributed by atoms with E-state index in [4.69, 9.17) is 4.74 Å². The van der Waals surface area contributed by atoms with Crippen molar-refractivity contribution in [1.29, 1.82) is 0 Å². The number of ether oxygens (including phenoxy) is 1. The Morgan fingerprint density at radius 2 is 2.06 bits per heavy atom. The monoisotopic (exact) mass is 269 g/mol. The summed E-state index contributed by atoms with van der Waals surface area (Å²) in [7, 11) is -3.09. The molecular weight excluding hydrogens is 250 g/mol. The van der Waals surface area contributed by atoms with Gasteiger partial charge < -0.3 is 10.1 Å². The zero-order valence-electron chi connectivity index (χ0n) is 10.6. The summed E-state index contributed by atoms with van der Waals surface area (Å²) in [5, 5.41) is 3.28. The van der Waals surface area contributed by atoms with Crippen molar-refractivity contribution in [1.82, 2.24) is 5.32 Å². The summed E-state index contributed by atoms with van der Waals surface area (Å²) in [5.41, 5.74) is 1.11. The van der Waals surface area contributed by atoms with Crippen LogP contribution in [0.25, 0.3) is 0 Å². The van der Waals surface area contributed by atoms with E-state index < -0.39 is 9.84 Å². The van der Waals surface area contributed by atoms with Gasteiger partial charge in [-0.3, -0.25) is 0 Å². The van der Waals surface area contributed by atoms with Crippen LogP contribution in [0.15, 0.2) is 29.2 Å². The van der Waals surface area contributed by atoms with Crippen LogP contribution in [0.2, 0.25) is 0 Å². The standard InChI is InChI=1S/C13H19NO3S/c1-2-18(15,16)13-5-3-11(4-6-13)9-12-10-14-7-8-17-12/h3-6,12,14H,2,7-10H2,1H3. The molecule has 1 N–H and O–H groups in total. The van der Waals surface area contributed by atoms with Crippen molar-refractivity contribution in [2.24, 2.45) is 0 Å². The van der Waals surface area contributed by atoms with Gasteiger partial charge in [0, 0.05) is 13.1 Å². The summed E-state index contributed by atoms with van der Waals surface area (Å²) < 4.78 is 29.0. The Kier molecular flexibility index (Phi) is 4.37. The first-order valence-corrected chi connectivity index (χ1v) is 7.91. The quantitative estimate of drug-likeness (QED) is 0.886. The minimum Gasteiger partial charge on any atom is -0.375 e. The van der Waals surface area contributed by atoms with Crippen molar-refractivity contribution in [2.45, 2.75) is 24.3 Å². The lowest BCUT2D eigenvalue weighted by Gasteiger charge is -2.23. The molecule has 5 heteroatoms. The van der Waals surface area contributed by atoms with Crippen LogP contribution in [0.4, 0.5) is 0 Å². The zero-order chi connectivity index (χ0) is 13.0. The Morgan fingerprint density at radius 3 is 2.61 bits per heavy atom. The van der Waals surface area contributed by atoms with Crippen LogP contribution in [0.3, 0.4) is 0 Å². The predicted molar refractivity (Wildman–Crippen MR) is 70.5 cm³/mol. The van der Waals surface area contributed by atoms with Crippen molar-refractivity contribution in [3.05, 3.63) is 29.8 Å². The molecule has 2 rings (SSSR count). The van der Waals surface area contributed by atoms with E-state index in [1.54, 1.807) is 19.1 Å². The van der Waals surface area contributed by atoms with Crippen LogP contribution < -0.4 is 5.32 Å². The Balaban J connectivity index is 2.03. The number of hydrogen-bond acceptors (Lipinski definition) is 4. The van der Waals surface area contributed by atoms with Gasteiger partial charge in [-0.15, -0.1) is 0 Å². The SMILES string of the molecule is CCS(=O)(=O)c1ccc(CC2CNCCO2)cc1. The molecule has 0 saturated carbocycles. The minimum atomic E-state index is -3.09. The highest BCUT2D eigenvalue weighted by molar-refractivity contribution is 7.91. The molecule has 0 spiro atoms. The molecule has 100 valence electrons. The van der Waals surface area contributed by atoms with E-state index in [-0.39, 0.29) is 11.9 Å². The van der Waals surface area contributed by atoms with Gasteiger partial charge in [-0.1, -0.05) is 19.1 Å². The van der Waals surface area contributed by atoms with E-state index in [0.717, 1.165) is 31.7 Å². The second-order valence-electron chi connectivity index (χ2n) is 4.45. The molecule has 1 aromatic rings. The van der Waals surface area contributed by atoms with Crippen LogP contribution in [0.1, 0.15) is 12.5 Å². The fourth-order valence-corrected chi connectivity index (χ4v) is 2.90. The highest BCUT2D eigenvalue weighted by Gasteiger charge is 2.15. The summed E-state index contributed by atoms with van der Waals surface area (Å²) in [4.78, 5) is 0.399. The molecule has 0 amide bonds. The second-order valence-corrected chi connectivity index (χ2v) is 6.73. The summed E-state index contributed by atoms with van der Waals surface area (Å²) in [6.07, 6.45) is 1.01. The number of rotatable bonds is 4. The van der Waals surface area contributed by atoms with Crippen LogP contribution in [0.5, 0.6) is 0 Å². The lowest BCUT2D eigenvalue weighted by Crippen LogP contribution is -2.39. The van der Waals surface area contributed by atoms with Crippen LogP contribution in [-0.4, -0.2) is 40.0 Å². The first-order valence-electron chi connectivity index (χ1n) is 6.26. The van der Waals surface area contributed by atoms with Crippen LogP contribution >= 0.6 is 0 Å². The Bertz CT molecular complexity index is 475. The topological polar surface area (TPSA) is 55.4 Å². The van der Waals surface area contributed by atoms with Gasteiger partial charge in [-0.05, 0) is 24.1 Å². The van der Waals surface area contributed by atoms with Gasteiger partial charge in [-0.2, -0.15) is 0 Å². The summed E-state index contributed by atoms with van der Waals surface area (Å²) >= 11 is 0. The van der Waals surface area contributed by atoms with E-state index in [1.807, 2.05) is 12.1 Å². The maximum atomic E-state index is 11.7. The minimum absolute atomic E-state index is 0.141. The Hall–Kier alpha value is -0.910. The Labute approximate surface area is 108 Å². The van der Waals surface area contributed by atoms with Crippen LogP contribution in [-0.2, 0) is 21.0 Å². The largest absolute Gasteiger partial charge is 0.375 e. The molecule has 0 aromatic heterocycles. The summed E-state index contributed by atoms with van der Waals surface area (Å²) in [5.74, 6) is 0.141. The molecule has 1 saturated heterocycles. The summed E-state index contributed by atoms with van der Waals surface area (Å²) in [6.45, 7) is 4.16. The van der Waals surface area contributed by atoms with Gasteiger partial charge in [0.25, 0.3) is 0 Å². The van der Waals surface area contributed by atoms with E-state index in [9.17, 15) is 8.42 Å². The number of hydrogen-bond donors (Lipinski definition) is 1. The molecule has 18 heavy (non-hydrogen) atoms. The van der Waals surface area contributed by atoms with E-state index in [1.165, 1.54) is 0 Å². The molecule has 1 fully saturated rings. The first kappa shape index (κ1) is 13.5. The average Bonchev–Trinajstić information content (AvgIpc) is 2.40. The van der Waals surface area contributed by atoms with Gasteiger partial charge in [-0.25, -0.2) is 8.42 Å². The first-order chi connectivity index (χ1) is 8.62. The number of morpholine rings is 1. The molecule has 1 aliphatic heterocycles. The lowest BCUT2D eigenvalue weighted by molar-refractivity contribution is 0.0292. The second kappa shape index (κ2) is 5.82. The third kappa shape index (κ3) is 3.31. The summed E-state index contributed by atoms with van der Waals surface area (Å²) in [6, 6.07) is 7.12. The fraction of sp³-hybridized carbons (Fsp3) is 0.538. The van der Waals surface area contributed by atoms with Crippen molar-refractivity contribution in [3.63, 3.8) is 0 Å². The van der Waals surface area contributed by atoms with Crippen LogP contribution in [0, 0.1) is 0 Å². The molecule has 1 aromatic carbocycles. The van der Waals surface area contributed by atoms with Gasteiger partial charge in [0.15, 0.2) is 9.84 Å². The van der Waals surface area contributed by atoms with Crippen molar-refractivity contribution >= 4 is 9.84 Å². The fourth-order valence-electron chi connectivity index (χ4n) is 2.01. The smallest absolute Gasteiger partial charge is 0.178 e. The maximum Gasteiger partial charge on any atom is 0.178 e. The number of sulfone groups is 1. The van der Waals surface area contributed by atoms with Gasteiger partial charge >= 0.3 is 0 Å². The van der Waals surface area contributed by atoms with Crippen molar-refractivity contribution < 1.29 is 13.2 Å². The molecule has 1 heterocycles. The van der Waals surface area contributed by atoms with E-state index in [2.05, 4.69) is 5.32 Å². The van der Waals surface area contributed by atoms with Gasteiger partial charge in [0.1, 0.15) is 0 Å². The third-order valence-corrected chi connectivity index (χ3v) is 4.88. The predicted octanol–water partition coefficient (Wildman–Crippen LogP) is 1.01. The number of benzene rings is 1. The maximum absolute atomic E-state index is 11.7. The highest BCUT2D eigenvalue weighted by atomic mass is 32.2. The molecule has 1 atom stereocenters. The lowest BCUT2D eigenvalue weighted by atomic mass is 10.1. The molecule has 0 radical (unpaired) electrons. The third-order valence-electron chi connectivity index (χ3n) is 3.13. The molecule has 1 aliphatic rings. The average molecular weight is 269 g/mol. The van der Waals surface area contributed by atoms with Gasteiger partial charge in [0.2, 0.25) is 0 Å². The van der Waals surface area contributed by atoms with Gasteiger partial charge in [0.05, 0.1) is 23.4 Å². The van der Waals surface area contributed by atoms with Crippen molar-refractivity contribution in [3.8, 4) is 0 Å². The molecule has 4 nitrogen and oxygen atoms in total. The van der Waals surface area contributed by atoms with Crippen molar-refractivity contribution in [2.75, 3.05) is 25.4 Å². The molecular formula is C13H19NO3S. The molecule has 0 aliphatic carbocycles.